The average Bonchev–Trinajstić information content (AvgIpc) is 2.62. The van der Waals surface area contributed by atoms with Crippen LogP contribution >= 0.6 is 0 Å². The summed E-state index contributed by atoms with van der Waals surface area (Å²) in [6.07, 6.45) is 4.60. The van der Waals surface area contributed by atoms with Gasteiger partial charge < -0.3 is 10.0 Å². The fourth-order valence-electron chi connectivity index (χ4n) is 3.53. The number of benzene rings is 1. The van der Waals surface area contributed by atoms with Crippen molar-refractivity contribution in [2.75, 3.05) is 24.6 Å². The van der Waals surface area contributed by atoms with Gasteiger partial charge in [0.2, 0.25) is 5.91 Å². The van der Waals surface area contributed by atoms with E-state index in [1.165, 1.54) is 0 Å². The van der Waals surface area contributed by atoms with Crippen LogP contribution in [-0.4, -0.2) is 54.9 Å². The largest absolute Gasteiger partial charge is 0.478 e. The zero-order valence-corrected chi connectivity index (χ0v) is 16.7. The van der Waals surface area contributed by atoms with Crippen molar-refractivity contribution in [1.29, 1.82) is 0 Å². The number of carboxylic acid groups (broad SMARTS) is 1. The number of piperidine rings is 1. The van der Waals surface area contributed by atoms with E-state index >= 15 is 0 Å². The van der Waals surface area contributed by atoms with Gasteiger partial charge in [-0.2, -0.15) is 0 Å². The van der Waals surface area contributed by atoms with E-state index in [-0.39, 0.29) is 11.7 Å². The highest BCUT2D eigenvalue weighted by atomic mass is 32.2. The van der Waals surface area contributed by atoms with Gasteiger partial charge in [0.05, 0.1) is 11.3 Å². The van der Waals surface area contributed by atoms with Crippen molar-refractivity contribution in [1.82, 2.24) is 4.90 Å². The van der Waals surface area contributed by atoms with E-state index < -0.39 is 21.6 Å². The van der Waals surface area contributed by atoms with Crippen LogP contribution < -0.4 is 0 Å². The minimum Gasteiger partial charge on any atom is -0.478 e. The summed E-state index contributed by atoms with van der Waals surface area (Å²) in [5.41, 5.74) is 1.14. The summed E-state index contributed by atoms with van der Waals surface area (Å²) in [6, 6.07) is 7.00. The molecule has 2 rings (SSSR count). The Morgan fingerprint density at radius 1 is 1.15 bits per heavy atom. The van der Waals surface area contributed by atoms with E-state index in [1.54, 1.807) is 17.0 Å². The molecule has 0 spiro atoms. The van der Waals surface area contributed by atoms with Gasteiger partial charge in [0.25, 0.3) is 0 Å². The lowest BCUT2D eigenvalue weighted by Gasteiger charge is -2.32. The van der Waals surface area contributed by atoms with Crippen LogP contribution in [0.5, 0.6) is 0 Å². The molecular formula is C20H29NO5S. The Bertz CT molecular complexity index is 751. The molecule has 0 bridgehead atoms. The van der Waals surface area contributed by atoms with Gasteiger partial charge in [-0.15, -0.1) is 0 Å². The first-order valence-corrected chi connectivity index (χ1v) is 11.4. The molecule has 0 atom stereocenters. The Morgan fingerprint density at radius 3 is 2.44 bits per heavy atom. The summed E-state index contributed by atoms with van der Waals surface area (Å²) >= 11 is 0. The number of carbonyl (C=O) groups is 2. The molecule has 0 aromatic heterocycles. The van der Waals surface area contributed by atoms with E-state index in [2.05, 4.69) is 0 Å². The molecule has 0 radical (unpaired) electrons. The molecule has 6 nitrogen and oxygen atoms in total. The third-order valence-corrected chi connectivity index (χ3v) is 6.72. The first kappa shape index (κ1) is 21.4. The highest BCUT2D eigenvalue weighted by Gasteiger charge is 2.27. The van der Waals surface area contributed by atoms with Crippen molar-refractivity contribution in [3.8, 4) is 0 Å². The Kier molecular flexibility index (Phi) is 7.83. The van der Waals surface area contributed by atoms with E-state index in [9.17, 15) is 23.1 Å². The Morgan fingerprint density at radius 2 is 1.81 bits per heavy atom. The van der Waals surface area contributed by atoms with Crippen molar-refractivity contribution in [3.63, 3.8) is 0 Å². The van der Waals surface area contributed by atoms with Crippen molar-refractivity contribution in [2.45, 2.75) is 45.4 Å². The monoisotopic (exact) mass is 395 g/mol. The number of sulfone groups is 1. The van der Waals surface area contributed by atoms with E-state index in [1.807, 2.05) is 19.1 Å². The number of hydrogen-bond donors (Lipinski definition) is 1. The third-order valence-electron chi connectivity index (χ3n) is 5.13. The zero-order valence-electron chi connectivity index (χ0n) is 15.9. The van der Waals surface area contributed by atoms with Gasteiger partial charge in [0.15, 0.2) is 9.84 Å². The highest BCUT2D eigenvalue weighted by Crippen LogP contribution is 2.24. The quantitative estimate of drug-likeness (QED) is 0.649. The molecule has 27 heavy (non-hydrogen) atoms. The Balaban J connectivity index is 1.85. The predicted octanol–water partition coefficient (Wildman–Crippen LogP) is 2.77. The van der Waals surface area contributed by atoms with Crippen LogP contribution in [0.4, 0.5) is 0 Å². The Hall–Kier alpha value is -1.89. The summed E-state index contributed by atoms with van der Waals surface area (Å²) in [4.78, 5) is 25.3. The maximum atomic E-state index is 12.3. The molecule has 0 aliphatic carbocycles. The first-order valence-electron chi connectivity index (χ1n) is 9.61. The molecule has 1 N–H and O–H groups in total. The molecule has 0 saturated carbocycles. The van der Waals surface area contributed by atoms with Crippen LogP contribution in [0.2, 0.25) is 0 Å². The molecule has 1 heterocycles. The zero-order chi connectivity index (χ0) is 19.9. The minimum absolute atomic E-state index is 0.0784. The van der Waals surface area contributed by atoms with E-state index in [4.69, 9.17) is 0 Å². The standard InChI is InChI=1S/C20H29NO5S/c1-2-3-6-13-27(25,26)15-19(22)21-11-9-16(10-12-21)14-17-7-4-5-8-18(17)20(23)24/h4-5,7-8,16H,2-3,6,9-15H2,1H3,(H,23,24). The molecule has 1 aromatic rings. The van der Waals surface area contributed by atoms with Crippen LogP contribution in [0.3, 0.4) is 0 Å². The minimum atomic E-state index is -3.34. The molecule has 7 heteroatoms. The summed E-state index contributed by atoms with van der Waals surface area (Å²) in [5, 5.41) is 9.29. The number of carboxylic acids is 1. The van der Waals surface area contributed by atoms with E-state index in [0.29, 0.717) is 37.4 Å². The number of likely N-dealkylation sites (tertiary alicyclic amines) is 1. The summed E-state index contributed by atoms with van der Waals surface area (Å²) in [5.74, 6) is -1.25. The molecule has 1 saturated heterocycles. The second kappa shape index (κ2) is 9.88. The molecule has 150 valence electrons. The molecule has 1 aliphatic rings. The van der Waals surface area contributed by atoms with Crippen LogP contribution in [-0.2, 0) is 21.1 Å². The highest BCUT2D eigenvalue weighted by molar-refractivity contribution is 7.92. The smallest absolute Gasteiger partial charge is 0.335 e. The molecule has 0 unspecified atom stereocenters. The second-order valence-electron chi connectivity index (χ2n) is 7.29. The number of aromatic carboxylic acids is 1. The lowest BCUT2D eigenvalue weighted by atomic mass is 9.88. The van der Waals surface area contributed by atoms with Gasteiger partial charge >= 0.3 is 5.97 Å². The van der Waals surface area contributed by atoms with Gasteiger partial charge in [0.1, 0.15) is 5.75 Å². The van der Waals surface area contributed by atoms with Gasteiger partial charge in [-0.1, -0.05) is 38.0 Å². The summed E-state index contributed by atoms with van der Waals surface area (Å²) < 4.78 is 24.1. The van der Waals surface area contributed by atoms with Crippen LogP contribution in [0.15, 0.2) is 24.3 Å². The maximum absolute atomic E-state index is 12.3. The van der Waals surface area contributed by atoms with Gasteiger partial charge in [-0.3, -0.25) is 4.79 Å². The Labute approximate surface area is 161 Å². The maximum Gasteiger partial charge on any atom is 0.335 e. The van der Waals surface area contributed by atoms with Gasteiger partial charge in [-0.05, 0) is 43.2 Å². The van der Waals surface area contributed by atoms with Gasteiger partial charge in [0, 0.05) is 13.1 Å². The topological polar surface area (TPSA) is 91.8 Å². The SMILES string of the molecule is CCCCCS(=O)(=O)CC(=O)N1CCC(Cc2ccccc2C(=O)O)CC1. The second-order valence-corrected chi connectivity index (χ2v) is 9.47. The van der Waals surface area contributed by atoms with Crippen molar-refractivity contribution in [3.05, 3.63) is 35.4 Å². The number of carbonyl (C=O) groups excluding carboxylic acids is 1. The normalized spacial score (nSPS) is 15.7. The lowest BCUT2D eigenvalue weighted by molar-refractivity contribution is -0.129. The number of unbranched alkanes of at least 4 members (excludes halogenated alkanes) is 2. The molecule has 1 aromatic carbocycles. The fourth-order valence-corrected chi connectivity index (χ4v) is 4.88. The summed E-state index contributed by atoms with van der Waals surface area (Å²) in [6.45, 7) is 3.07. The van der Waals surface area contributed by atoms with Crippen molar-refractivity contribution >= 4 is 21.7 Å². The van der Waals surface area contributed by atoms with Crippen molar-refractivity contribution in [2.24, 2.45) is 5.92 Å². The average molecular weight is 396 g/mol. The number of rotatable bonds is 9. The molecule has 1 amide bonds. The molecular weight excluding hydrogens is 366 g/mol. The predicted molar refractivity (Wildman–Crippen MR) is 105 cm³/mol. The van der Waals surface area contributed by atoms with E-state index in [0.717, 1.165) is 31.2 Å². The van der Waals surface area contributed by atoms with Crippen molar-refractivity contribution < 1.29 is 23.1 Å². The van der Waals surface area contributed by atoms with Crippen LogP contribution in [0.1, 0.15) is 54.9 Å². The summed E-state index contributed by atoms with van der Waals surface area (Å²) in [7, 11) is -3.34. The number of nitrogens with zero attached hydrogens (tertiary/aromatic N) is 1. The molecule has 1 fully saturated rings. The number of amides is 1. The lowest BCUT2D eigenvalue weighted by Crippen LogP contribution is -2.42. The fraction of sp³-hybridized carbons (Fsp3) is 0.600. The first-order chi connectivity index (χ1) is 12.8. The number of hydrogen-bond acceptors (Lipinski definition) is 4. The third kappa shape index (κ3) is 6.65. The molecule has 1 aliphatic heterocycles. The van der Waals surface area contributed by atoms with Gasteiger partial charge in [-0.25, -0.2) is 13.2 Å². The van der Waals surface area contributed by atoms with Crippen LogP contribution in [0, 0.1) is 5.92 Å². The van der Waals surface area contributed by atoms with Crippen LogP contribution in [0.25, 0.3) is 0 Å².